The van der Waals surface area contributed by atoms with Crippen molar-refractivity contribution >= 4 is 17.8 Å². The predicted molar refractivity (Wildman–Crippen MR) is 107 cm³/mol. The third kappa shape index (κ3) is 4.45. The van der Waals surface area contributed by atoms with Crippen LogP contribution in [0.25, 0.3) is 0 Å². The number of aliphatic hydroxyl groups excluding tert-OH is 1. The molecular weight excluding hydrogens is 388 g/mol. The second-order valence-electron chi connectivity index (χ2n) is 9.09. The maximum atomic E-state index is 13.3. The number of hydrogen-bond donors (Lipinski definition) is 1. The maximum Gasteiger partial charge on any atom is 0.307 e. The molecule has 2 saturated heterocycles. The fourth-order valence-corrected chi connectivity index (χ4v) is 4.18. The lowest BCUT2D eigenvalue weighted by Gasteiger charge is -2.51. The zero-order valence-corrected chi connectivity index (χ0v) is 18.0. The minimum atomic E-state index is -1.04. The van der Waals surface area contributed by atoms with E-state index in [0.717, 1.165) is 0 Å². The topological polar surface area (TPSA) is 113 Å². The van der Waals surface area contributed by atoms with E-state index in [9.17, 15) is 19.5 Å². The lowest BCUT2D eigenvalue weighted by atomic mass is 9.84. The monoisotopic (exact) mass is 418 g/mol. The molecule has 2 aliphatic heterocycles. The molecule has 3 unspecified atom stereocenters. The Hall–Kier alpha value is -2.55. The van der Waals surface area contributed by atoms with Crippen LogP contribution in [0.1, 0.15) is 52.8 Å². The molecule has 3 atom stereocenters. The van der Waals surface area contributed by atoms with Crippen molar-refractivity contribution in [1.82, 2.24) is 19.8 Å². The van der Waals surface area contributed by atoms with E-state index in [4.69, 9.17) is 4.74 Å². The first-order valence-corrected chi connectivity index (χ1v) is 10.3. The highest BCUT2D eigenvalue weighted by Crippen LogP contribution is 2.40. The molecule has 30 heavy (non-hydrogen) atoms. The number of aliphatic hydroxyl groups is 1. The van der Waals surface area contributed by atoms with Crippen LogP contribution in [0.5, 0.6) is 0 Å². The highest BCUT2D eigenvalue weighted by Gasteiger charge is 2.60. The molecule has 3 heterocycles. The zero-order chi connectivity index (χ0) is 22.1. The Bertz CT molecular complexity index is 807. The summed E-state index contributed by atoms with van der Waals surface area (Å²) < 4.78 is 5.32. The predicted octanol–water partition coefficient (Wildman–Crippen LogP) is 0.909. The zero-order valence-electron chi connectivity index (χ0n) is 18.0. The van der Waals surface area contributed by atoms with Crippen LogP contribution in [0.2, 0.25) is 0 Å². The van der Waals surface area contributed by atoms with Gasteiger partial charge in [-0.15, -0.1) is 0 Å². The Kier molecular flexibility index (Phi) is 6.12. The first kappa shape index (κ1) is 22.1. The highest BCUT2D eigenvalue weighted by molar-refractivity contribution is 5.98. The Morgan fingerprint density at radius 2 is 1.97 bits per heavy atom. The number of esters is 1. The standard InChI is InChI=1S/C21H30N4O5/c1-14(26)15(11-17(27)30-20(2,3)4)18(28)25-10-5-7-21(25)13-24(19(21)29)12-16-22-8-6-9-23-16/h6,8-9,14-15,26H,5,7,10-13H2,1-4H3. The number of carbonyl (C=O) groups is 3. The minimum absolute atomic E-state index is 0.137. The van der Waals surface area contributed by atoms with E-state index in [1.165, 1.54) is 6.92 Å². The molecule has 1 aromatic rings. The summed E-state index contributed by atoms with van der Waals surface area (Å²) in [7, 11) is 0. The summed E-state index contributed by atoms with van der Waals surface area (Å²) in [6, 6.07) is 1.71. The summed E-state index contributed by atoms with van der Waals surface area (Å²) in [6.45, 7) is 7.85. The van der Waals surface area contributed by atoms with E-state index in [1.807, 2.05) is 0 Å². The van der Waals surface area contributed by atoms with E-state index < -0.39 is 29.1 Å². The number of β-lactam (4-membered cyclic amide) rings is 1. The van der Waals surface area contributed by atoms with E-state index in [-0.39, 0.29) is 18.2 Å². The lowest BCUT2D eigenvalue weighted by molar-refractivity contribution is -0.173. The minimum Gasteiger partial charge on any atom is -0.460 e. The van der Waals surface area contributed by atoms with Crippen molar-refractivity contribution in [3.8, 4) is 0 Å². The van der Waals surface area contributed by atoms with Crippen molar-refractivity contribution in [1.29, 1.82) is 0 Å². The van der Waals surface area contributed by atoms with Gasteiger partial charge in [0.25, 0.3) is 5.91 Å². The SMILES string of the molecule is CC(O)C(CC(=O)OC(C)(C)C)C(=O)N1CCCC12CN(Cc1ncccn1)C2=O. The molecule has 2 fully saturated rings. The largest absolute Gasteiger partial charge is 0.460 e. The van der Waals surface area contributed by atoms with Gasteiger partial charge >= 0.3 is 5.97 Å². The summed E-state index contributed by atoms with van der Waals surface area (Å²) in [5.74, 6) is -1.46. The molecular formula is C21H30N4O5. The van der Waals surface area contributed by atoms with Crippen molar-refractivity contribution in [2.24, 2.45) is 5.92 Å². The summed E-state index contributed by atoms with van der Waals surface area (Å²) in [5, 5.41) is 10.2. The molecule has 0 aromatic carbocycles. The Morgan fingerprint density at radius 1 is 1.30 bits per heavy atom. The fourth-order valence-electron chi connectivity index (χ4n) is 4.18. The summed E-state index contributed by atoms with van der Waals surface area (Å²) in [6.07, 6.45) is 3.26. The van der Waals surface area contributed by atoms with Gasteiger partial charge in [-0.1, -0.05) is 0 Å². The number of aromatic nitrogens is 2. The van der Waals surface area contributed by atoms with Gasteiger partial charge in [-0.3, -0.25) is 14.4 Å². The van der Waals surface area contributed by atoms with Crippen LogP contribution in [0, 0.1) is 5.92 Å². The molecule has 2 amide bonds. The number of likely N-dealkylation sites (tertiary alicyclic amines) is 2. The maximum absolute atomic E-state index is 13.3. The number of rotatable bonds is 6. The summed E-state index contributed by atoms with van der Waals surface area (Å²) in [4.78, 5) is 50.0. The molecule has 1 N–H and O–H groups in total. The van der Waals surface area contributed by atoms with Gasteiger partial charge in [-0.25, -0.2) is 9.97 Å². The third-order valence-electron chi connectivity index (χ3n) is 5.55. The van der Waals surface area contributed by atoms with Crippen LogP contribution in [0.15, 0.2) is 18.5 Å². The van der Waals surface area contributed by atoms with Gasteiger partial charge < -0.3 is 19.6 Å². The van der Waals surface area contributed by atoms with Gasteiger partial charge in [0.2, 0.25) is 5.91 Å². The molecule has 3 rings (SSSR count). The molecule has 1 spiro atoms. The molecule has 164 valence electrons. The van der Waals surface area contributed by atoms with Gasteiger partial charge in [0.05, 0.1) is 31.5 Å². The van der Waals surface area contributed by atoms with Crippen LogP contribution < -0.4 is 0 Å². The molecule has 2 aliphatic rings. The van der Waals surface area contributed by atoms with Gasteiger partial charge in [0.1, 0.15) is 17.0 Å². The van der Waals surface area contributed by atoms with E-state index in [1.54, 1.807) is 49.0 Å². The van der Waals surface area contributed by atoms with Crippen molar-refractivity contribution in [2.75, 3.05) is 13.1 Å². The van der Waals surface area contributed by atoms with Gasteiger partial charge in [0, 0.05) is 18.9 Å². The Labute approximate surface area is 176 Å². The smallest absolute Gasteiger partial charge is 0.307 e. The van der Waals surface area contributed by atoms with Crippen LogP contribution in [-0.4, -0.2) is 73.0 Å². The molecule has 1 aromatic heterocycles. The van der Waals surface area contributed by atoms with Crippen molar-refractivity contribution in [3.63, 3.8) is 0 Å². The second kappa shape index (κ2) is 8.29. The number of ether oxygens (including phenoxy) is 1. The Morgan fingerprint density at radius 3 is 2.53 bits per heavy atom. The van der Waals surface area contributed by atoms with Gasteiger partial charge in [-0.2, -0.15) is 0 Å². The molecule has 9 nitrogen and oxygen atoms in total. The quantitative estimate of drug-likeness (QED) is 0.540. The van der Waals surface area contributed by atoms with Crippen molar-refractivity contribution in [2.45, 2.75) is 70.7 Å². The molecule has 0 bridgehead atoms. The normalized spacial score (nSPS) is 23.3. The van der Waals surface area contributed by atoms with Crippen LogP contribution in [-0.2, 0) is 25.7 Å². The first-order chi connectivity index (χ1) is 14.0. The average Bonchev–Trinajstić information content (AvgIpc) is 3.11. The Balaban J connectivity index is 1.70. The van der Waals surface area contributed by atoms with E-state index >= 15 is 0 Å². The van der Waals surface area contributed by atoms with Gasteiger partial charge in [0.15, 0.2) is 0 Å². The summed E-state index contributed by atoms with van der Waals surface area (Å²) >= 11 is 0. The number of hydrogen-bond acceptors (Lipinski definition) is 7. The molecule has 9 heteroatoms. The molecule has 0 radical (unpaired) electrons. The van der Waals surface area contributed by atoms with Crippen LogP contribution >= 0.6 is 0 Å². The van der Waals surface area contributed by atoms with E-state index in [0.29, 0.717) is 38.3 Å². The average molecular weight is 418 g/mol. The first-order valence-electron chi connectivity index (χ1n) is 10.3. The number of nitrogens with zero attached hydrogens (tertiary/aromatic N) is 4. The van der Waals surface area contributed by atoms with Crippen LogP contribution in [0.4, 0.5) is 0 Å². The second-order valence-corrected chi connectivity index (χ2v) is 9.09. The lowest BCUT2D eigenvalue weighted by Crippen LogP contribution is -2.73. The summed E-state index contributed by atoms with van der Waals surface area (Å²) in [5.41, 5.74) is -1.57. The van der Waals surface area contributed by atoms with Crippen LogP contribution in [0.3, 0.4) is 0 Å². The molecule has 0 saturated carbocycles. The molecule has 0 aliphatic carbocycles. The highest BCUT2D eigenvalue weighted by atomic mass is 16.6. The van der Waals surface area contributed by atoms with Crippen molar-refractivity contribution in [3.05, 3.63) is 24.3 Å². The van der Waals surface area contributed by atoms with Crippen molar-refractivity contribution < 1.29 is 24.2 Å². The number of amides is 2. The third-order valence-corrected chi connectivity index (χ3v) is 5.55. The van der Waals surface area contributed by atoms with Gasteiger partial charge in [-0.05, 0) is 46.6 Å². The fraction of sp³-hybridized carbons (Fsp3) is 0.667. The van der Waals surface area contributed by atoms with E-state index in [2.05, 4.69) is 9.97 Å². The number of carbonyl (C=O) groups excluding carboxylic acids is 3.